The second-order valence-electron chi connectivity index (χ2n) is 4.82. The fraction of sp³-hybridized carbons (Fsp3) is 0.267. The zero-order chi connectivity index (χ0) is 15.6. The molecule has 1 unspecified atom stereocenters. The molecule has 0 saturated heterocycles. The molecule has 110 valence electrons. The molecule has 0 amide bonds. The Bertz CT molecular complexity index is 668. The molecule has 0 spiro atoms. The van der Waals surface area contributed by atoms with Gasteiger partial charge in [0.2, 0.25) is 0 Å². The number of nitrogens with zero attached hydrogens (tertiary/aromatic N) is 2. The van der Waals surface area contributed by atoms with E-state index in [-0.39, 0.29) is 17.5 Å². The molecular formula is C15H16N2O3S. The van der Waals surface area contributed by atoms with Crippen LogP contribution in [0.5, 0.6) is 0 Å². The maximum atomic E-state index is 11.4. The molecular weight excluding hydrogens is 288 g/mol. The van der Waals surface area contributed by atoms with Gasteiger partial charge in [0, 0.05) is 23.6 Å². The zero-order valence-corrected chi connectivity index (χ0v) is 12.9. The molecule has 0 saturated carbocycles. The van der Waals surface area contributed by atoms with Gasteiger partial charge in [-0.1, -0.05) is 6.07 Å². The molecule has 2 aromatic rings. The van der Waals surface area contributed by atoms with Crippen molar-refractivity contribution < 1.29 is 9.72 Å². The fourth-order valence-electron chi connectivity index (χ4n) is 2.12. The highest BCUT2D eigenvalue weighted by molar-refractivity contribution is 7.10. The largest absolute Gasteiger partial charge is 0.361 e. The number of ketones is 1. The Kier molecular flexibility index (Phi) is 4.37. The first-order chi connectivity index (χ1) is 9.91. The highest BCUT2D eigenvalue weighted by atomic mass is 32.1. The third kappa shape index (κ3) is 3.11. The minimum Gasteiger partial charge on any atom is -0.361 e. The molecule has 0 bridgehead atoms. The summed E-state index contributed by atoms with van der Waals surface area (Å²) in [5.74, 6) is -0.182. The quantitative estimate of drug-likeness (QED) is 0.475. The highest BCUT2D eigenvalue weighted by Gasteiger charge is 2.23. The van der Waals surface area contributed by atoms with Gasteiger partial charge in [0.25, 0.3) is 5.69 Å². The van der Waals surface area contributed by atoms with Crippen LogP contribution in [0.15, 0.2) is 35.7 Å². The third-order valence-electron chi connectivity index (χ3n) is 3.49. The van der Waals surface area contributed by atoms with Crippen LogP contribution in [-0.2, 0) is 0 Å². The van der Waals surface area contributed by atoms with E-state index in [1.165, 1.54) is 13.0 Å². The molecule has 1 aromatic heterocycles. The summed E-state index contributed by atoms with van der Waals surface area (Å²) in [5.41, 5.74) is 0.808. The average Bonchev–Trinajstić information content (AvgIpc) is 2.99. The molecule has 0 fully saturated rings. The number of carbonyl (C=O) groups excluding carboxylic acids is 1. The smallest absolute Gasteiger partial charge is 0.293 e. The lowest BCUT2D eigenvalue weighted by atomic mass is 10.1. The van der Waals surface area contributed by atoms with Crippen molar-refractivity contribution in [3.63, 3.8) is 0 Å². The van der Waals surface area contributed by atoms with Gasteiger partial charge in [-0.2, -0.15) is 0 Å². The first-order valence-electron chi connectivity index (χ1n) is 6.47. The Hall–Kier alpha value is -2.21. The van der Waals surface area contributed by atoms with E-state index in [4.69, 9.17) is 0 Å². The van der Waals surface area contributed by atoms with Gasteiger partial charge in [-0.3, -0.25) is 14.9 Å². The maximum Gasteiger partial charge on any atom is 0.293 e. The number of anilines is 1. The number of nitro benzene ring substituents is 1. The summed E-state index contributed by atoms with van der Waals surface area (Å²) in [6, 6.07) is 8.59. The molecule has 0 aliphatic rings. The standard InChI is InChI=1S/C15H16N2O3S/c1-10(15-5-4-8-21-15)16(3)13-7-6-12(11(2)18)9-14(13)17(19)20/h4-10H,1-3H3. The molecule has 5 nitrogen and oxygen atoms in total. The molecule has 0 aliphatic carbocycles. The Morgan fingerprint density at radius 2 is 2.10 bits per heavy atom. The normalized spacial score (nSPS) is 12.0. The average molecular weight is 304 g/mol. The number of hydrogen-bond acceptors (Lipinski definition) is 5. The van der Waals surface area contributed by atoms with Gasteiger partial charge in [0.15, 0.2) is 5.78 Å². The van der Waals surface area contributed by atoms with E-state index >= 15 is 0 Å². The van der Waals surface area contributed by atoms with Gasteiger partial charge in [0.1, 0.15) is 5.69 Å². The number of nitro groups is 1. The van der Waals surface area contributed by atoms with Crippen molar-refractivity contribution in [2.24, 2.45) is 0 Å². The van der Waals surface area contributed by atoms with Gasteiger partial charge in [-0.25, -0.2) is 0 Å². The van der Waals surface area contributed by atoms with Crippen LogP contribution in [0.4, 0.5) is 11.4 Å². The van der Waals surface area contributed by atoms with Crippen LogP contribution in [0.3, 0.4) is 0 Å². The first-order valence-corrected chi connectivity index (χ1v) is 7.35. The predicted molar refractivity (Wildman–Crippen MR) is 84.2 cm³/mol. The Labute approximate surface area is 127 Å². The van der Waals surface area contributed by atoms with E-state index in [1.807, 2.05) is 36.4 Å². The lowest BCUT2D eigenvalue weighted by molar-refractivity contribution is -0.384. The fourth-order valence-corrected chi connectivity index (χ4v) is 2.94. The summed E-state index contributed by atoms with van der Waals surface area (Å²) in [4.78, 5) is 25.2. The molecule has 2 rings (SSSR count). The van der Waals surface area contributed by atoms with Gasteiger partial charge in [-0.05, 0) is 37.4 Å². The van der Waals surface area contributed by atoms with Crippen molar-refractivity contribution >= 4 is 28.5 Å². The second kappa shape index (κ2) is 6.05. The van der Waals surface area contributed by atoms with Gasteiger partial charge in [0.05, 0.1) is 11.0 Å². The Balaban J connectivity index is 2.43. The summed E-state index contributed by atoms with van der Waals surface area (Å²) < 4.78 is 0. The van der Waals surface area contributed by atoms with Crippen molar-refractivity contribution in [2.75, 3.05) is 11.9 Å². The van der Waals surface area contributed by atoms with E-state index < -0.39 is 4.92 Å². The summed E-state index contributed by atoms with van der Waals surface area (Å²) in [6.07, 6.45) is 0. The first kappa shape index (κ1) is 15.2. The molecule has 1 aromatic carbocycles. The zero-order valence-electron chi connectivity index (χ0n) is 12.1. The number of carbonyl (C=O) groups is 1. The van der Waals surface area contributed by atoms with Crippen LogP contribution in [-0.4, -0.2) is 17.8 Å². The van der Waals surface area contributed by atoms with Gasteiger partial charge >= 0.3 is 0 Å². The van der Waals surface area contributed by atoms with Crippen LogP contribution >= 0.6 is 11.3 Å². The summed E-state index contributed by atoms with van der Waals surface area (Å²) >= 11 is 1.61. The monoisotopic (exact) mass is 304 g/mol. The Morgan fingerprint density at radius 1 is 1.38 bits per heavy atom. The maximum absolute atomic E-state index is 11.4. The molecule has 6 heteroatoms. The lowest BCUT2D eigenvalue weighted by Gasteiger charge is -2.26. The summed E-state index contributed by atoms with van der Waals surface area (Å²) in [7, 11) is 1.82. The Morgan fingerprint density at radius 3 is 2.62 bits per heavy atom. The molecule has 0 radical (unpaired) electrons. The van der Waals surface area contributed by atoms with Crippen LogP contribution in [0.2, 0.25) is 0 Å². The molecule has 21 heavy (non-hydrogen) atoms. The number of thiophene rings is 1. The molecule has 0 aliphatic heterocycles. The van der Waals surface area contributed by atoms with Crippen molar-refractivity contribution in [3.05, 3.63) is 56.3 Å². The van der Waals surface area contributed by atoms with Crippen LogP contribution < -0.4 is 4.90 Å². The SMILES string of the molecule is CC(=O)c1ccc(N(C)C(C)c2cccs2)c([N+](=O)[O-])c1. The van der Waals surface area contributed by atoms with E-state index in [9.17, 15) is 14.9 Å². The van der Waals surface area contributed by atoms with Gasteiger partial charge in [-0.15, -0.1) is 11.3 Å². The van der Waals surface area contributed by atoms with E-state index in [0.29, 0.717) is 11.3 Å². The van der Waals surface area contributed by atoms with Crippen molar-refractivity contribution in [3.8, 4) is 0 Å². The van der Waals surface area contributed by atoms with E-state index in [2.05, 4.69) is 0 Å². The topological polar surface area (TPSA) is 63.5 Å². The molecule has 1 atom stereocenters. The lowest BCUT2D eigenvalue weighted by Crippen LogP contribution is -2.22. The third-order valence-corrected chi connectivity index (χ3v) is 4.54. The molecule has 0 N–H and O–H groups in total. The number of rotatable bonds is 5. The second-order valence-corrected chi connectivity index (χ2v) is 5.80. The minimum atomic E-state index is -0.445. The number of hydrogen-bond donors (Lipinski definition) is 0. The number of benzene rings is 1. The minimum absolute atomic E-state index is 0.0203. The van der Waals surface area contributed by atoms with Crippen molar-refractivity contribution in [2.45, 2.75) is 19.9 Å². The summed E-state index contributed by atoms with van der Waals surface area (Å²) in [5, 5.41) is 13.3. The van der Waals surface area contributed by atoms with Gasteiger partial charge < -0.3 is 4.90 Å². The van der Waals surface area contributed by atoms with Crippen molar-refractivity contribution in [1.29, 1.82) is 0 Å². The summed E-state index contributed by atoms with van der Waals surface area (Å²) in [6.45, 7) is 3.39. The van der Waals surface area contributed by atoms with E-state index in [0.717, 1.165) is 4.88 Å². The predicted octanol–water partition coefficient (Wildman–Crippen LogP) is 4.06. The number of Topliss-reactive ketones (excluding diaryl/α,β-unsaturated/α-hetero) is 1. The van der Waals surface area contributed by atoms with Crippen LogP contribution in [0, 0.1) is 10.1 Å². The highest BCUT2D eigenvalue weighted by Crippen LogP contribution is 2.34. The molecule has 1 heterocycles. The van der Waals surface area contributed by atoms with E-state index in [1.54, 1.807) is 23.5 Å². The van der Waals surface area contributed by atoms with Crippen LogP contribution in [0.25, 0.3) is 0 Å². The van der Waals surface area contributed by atoms with Crippen molar-refractivity contribution in [1.82, 2.24) is 0 Å². The van der Waals surface area contributed by atoms with Crippen LogP contribution in [0.1, 0.15) is 35.1 Å².